The number of hydrogen-bond donors (Lipinski definition) is 1. The third-order valence-corrected chi connectivity index (χ3v) is 9.85. The SMILES string of the molecule is CCC(C(=O)NC1CCCCC1)N(Cc1ccc(C)cc1)C(=O)CN(c1ccccc1)S(=O)(=O)c1ccc(OC)c(OC)c1. The van der Waals surface area contributed by atoms with Crippen LogP contribution in [0.4, 0.5) is 5.69 Å². The van der Waals surface area contributed by atoms with Gasteiger partial charge in [-0.3, -0.25) is 13.9 Å². The zero-order valence-electron chi connectivity index (χ0n) is 26.0. The van der Waals surface area contributed by atoms with Gasteiger partial charge in [0.05, 0.1) is 24.8 Å². The molecule has 0 radical (unpaired) electrons. The summed E-state index contributed by atoms with van der Waals surface area (Å²) in [6.07, 6.45) is 5.50. The van der Waals surface area contributed by atoms with Gasteiger partial charge in [0, 0.05) is 18.7 Å². The summed E-state index contributed by atoms with van der Waals surface area (Å²) in [5.41, 5.74) is 2.25. The minimum absolute atomic E-state index is 0.0565. The second-order valence-electron chi connectivity index (χ2n) is 11.1. The highest BCUT2D eigenvalue weighted by molar-refractivity contribution is 7.92. The normalized spacial score (nSPS) is 14.4. The summed E-state index contributed by atoms with van der Waals surface area (Å²) < 4.78 is 40.1. The summed E-state index contributed by atoms with van der Waals surface area (Å²) in [4.78, 5) is 29.4. The lowest BCUT2D eigenvalue weighted by Crippen LogP contribution is -2.54. The van der Waals surface area contributed by atoms with E-state index in [-0.39, 0.29) is 29.1 Å². The monoisotopic (exact) mass is 621 g/mol. The average molecular weight is 622 g/mol. The molecule has 0 spiro atoms. The van der Waals surface area contributed by atoms with Crippen molar-refractivity contribution in [3.05, 3.63) is 83.9 Å². The van der Waals surface area contributed by atoms with Crippen molar-refractivity contribution >= 4 is 27.5 Å². The van der Waals surface area contributed by atoms with E-state index in [1.807, 2.05) is 38.1 Å². The summed E-state index contributed by atoms with van der Waals surface area (Å²) in [5, 5.41) is 3.17. The molecule has 1 N–H and O–H groups in total. The Bertz CT molecular complexity index is 1510. The molecule has 0 heterocycles. The highest BCUT2D eigenvalue weighted by Gasteiger charge is 2.34. The molecule has 1 atom stereocenters. The summed E-state index contributed by atoms with van der Waals surface area (Å²) in [5.74, 6) is -0.0647. The number of anilines is 1. The molecule has 0 aromatic heterocycles. The van der Waals surface area contributed by atoms with Gasteiger partial charge in [0.25, 0.3) is 10.0 Å². The average Bonchev–Trinajstić information content (AvgIpc) is 3.04. The van der Waals surface area contributed by atoms with Crippen molar-refractivity contribution in [3.63, 3.8) is 0 Å². The van der Waals surface area contributed by atoms with Crippen LogP contribution in [-0.4, -0.2) is 58.0 Å². The van der Waals surface area contributed by atoms with Crippen LogP contribution in [0, 0.1) is 6.92 Å². The van der Waals surface area contributed by atoms with Crippen molar-refractivity contribution in [2.45, 2.75) is 75.9 Å². The van der Waals surface area contributed by atoms with E-state index in [4.69, 9.17) is 9.47 Å². The topological polar surface area (TPSA) is 105 Å². The van der Waals surface area contributed by atoms with Crippen LogP contribution in [-0.2, 0) is 26.2 Å². The van der Waals surface area contributed by atoms with E-state index in [1.165, 1.54) is 37.3 Å². The number of methoxy groups -OCH3 is 2. The van der Waals surface area contributed by atoms with Gasteiger partial charge in [-0.1, -0.05) is 74.2 Å². The van der Waals surface area contributed by atoms with E-state index >= 15 is 0 Å². The summed E-state index contributed by atoms with van der Waals surface area (Å²) in [6.45, 7) is 3.51. The molecule has 3 aromatic rings. The van der Waals surface area contributed by atoms with E-state index in [0.29, 0.717) is 17.9 Å². The molecule has 1 fully saturated rings. The maximum atomic E-state index is 14.3. The lowest BCUT2D eigenvalue weighted by Gasteiger charge is -2.34. The Hall–Kier alpha value is -4.05. The van der Waals surface area contributed by atoms with E-state index in [1.54, 1.807) is 30.3 Å². The molecule has 3 aromatic carbocycles. The zero-order chi connectivity index (χ0) is 31.7. The Balaban J connectivity index is 1.71. The number of carbonyl (C=O) groups excluding carboxylic acids is 2. The first-order valence-electron chi connectivity index (χ1n) is 15.1. The van der Waals surface area contributed by atoms with Crippen LogP contribution in [0.1, 0.15) is 56.6 Å². The molecular weight excluding hydrogens is 578 g/mol. The van der Waals surface area contributed by atoms with Crippen LogP contribution in [0.2, 0.25) is 0 Å². The second kappa shape index (κ2) is 15.1. The van der Waals surface area contributed by atoms with Gasteiger partial charge in [0.2, 0.25) is 11.8 Å². The number of rotatable bonds is 13. The van der Waals surface area contributed by atoms with E-state index in [2.05, 4.69) is 5.32 Å². The molecule has 10 heteroatoms. The smallest absolute Gasteiger partial charge is 0.264 e. The zero-order valence-corrected chi connectivity index (χ0v) is 26.8. The molecule has 1 saturated carbocycles. The van der Waals surface area contributed by atoms with Gasteiger partial charge >= 0.3 is 0 Å². The van der Waals surface area contributed by atoms with Crippen LogP contribution in [0.25, 0.3) is 0 Å². The summed E-state index contributed by atoms with van der Waals surface area (Å²) in [7, 11) is -1.34. The van der Waals surface area contributed by atoms with Gasteiger partial charge in [-0.2, -0.15) is 0 Å². The number of nitrogens with zero attached hydrogens (tertiary/aromatic N) is 2. The first kappa shape index (κ1) is 32.9. The highest BCUT2D eigenvalue weighted by Crippen LogP contribution is 2.32. The van der Waals surface area contributed by atoms with Gasteiger partial charge in [-0.25, -0.2) is 8.42 Å². The van der Waals surface area contributed by atoms with Gasteiger partial charge in [0.1, 0.15) is 12.6 Å². The number of sulfonamides is 1. The minimum Gasteiger partial charge on any atom is -0.493 e. The highest BCUT2D eigenvalue weighted by atomic mass is 32.2. The molecular formula is C34H43N3O6S. The summed E-state index contributed by atoms with van der Waals surface area (Å²) in [6, 6.07) is 19.9. The van der Waals surface area contributed by atoms with Crippen molar-refractivity contribution in [2.75, 3.05) is 25.1 Å². The minimum atomic E-state index is -4.24. The first-order valence-corrected chi connectivity index (χ1v) is 16.6. The van der Waals surface area contributed by atoms with Gasteiger partial charge in [-0.05, 0) is 56.0 Å². The second-order valence-corrected chi connectivity index (χ2v) is 13.0. The summed E-state index contributed by atoms with van der Waals surface area (Å²) >= 11 is 0. The lowest BCUT2D eigenvalue weighted by molar-refractivity contribution is -0.140. The molecule has 2 amide bonds. The largest absolute Gasteiger partial charge is 0.493 e. The Labute approximate surface area is 261 Å². The number of amides is 2. The van der Waals surface area contributed by atoms with E-state index in [0.717, 1.165) is 47.5 Å². The molecule has 44 heavy (non-hydrogen) atoms. The number of nitrogens with one attached hydrogen (secondary N) is 1. The van der Waals surface area contributed by atoms with Crippen molar-refractivity contribution in [3.8, 4) is 11.5 Å². The molecule has 1 unspecified atom stereocenters. The van der Waals surface area contributed by atoms with Gasteiger partial charge in [0.15, 0.2) is 11.5 Å². The lowest BCUT2D eigenvalue weighted by atomic mass is 9.95. The maximum Gasteiger partial charge on any atom is 0.264 e. The number of hydrogen-bond acceptors (Lipinski definition) is 6. The molecule has 0 saturated heterocycles. The molecule has 0 bridgehead atoms. The van der Waals surface area contributed by atoms with Crippen LogP contribution in [0.15, 0.2) is 77.7 Å². The van der Waals surface area contributed by atoms with Crippen LogP contribution in [0.3, 0.4) is 0 Å². The predicted molar refractivity (Wildman–Crippen MR) is 171 cm³/mol. The van der Waals surface area contributed by atoms with Gasteiger partial charge in [-0.15, -0.1) is 0 Å². The fourth-order valence-electron chi connectivity index (χ4n) is 5.58. The van der Waals surface area contributed by atoms with Crippen molar-refractivity contribution < 1.29 is 27.5 Å². The number of ether oxygens (including phenoxy) is 2. The third kappa shape index (κ3) is 7.91. The number of carbonyl (C=O) groups is 2. The number of benzene rings is 3. The van der Waals surface area contributed by atoms with Crippen molar-refractivity contribution in [1.82, 2.24) is 10.2 Å². The van der Waals surface area contributed by atoms with Crippen LogP contribution < -0.4 is 19.1 Å². The Kier molecular flexibility index (Phi) is 11.3. The maximum absolute atomic E-state index is 14.3. The van der Waals surface area contributed by atoms with E-state index < -0.39 is 28.5 Å². The van der Waals surface area contributed by atoms with Crippen LogP contribution in [0.5, 0.6) is 11.5 Å². The fraction of sp³-hybridized carbons (Fsp3) is 0.412. The molecule has 1 aliphatic rings. The first-order chi connectivity index (χ1) is 21.2. The number of aryl methyl sites for hydroxylation is 1. The Morgan fingerprint density at radius 1 is 0.909 bits per heavy atom. The van der Waals surface area contributed by atoms with E-state index in [9.17, 15) is 18.0 Å². The molecule has 236 valence electrons. The Morgan fingerprint density at radius 3 is 2.18 bits per heavy atom. The molecule has 4 rings (SSSR count). The number of para-hydroxylation sites is 1. The Morgan fingerprint density at radius 2 is 1.57 bits per heavy atom. The molecule has 9 nitrogen and oxygen atoms in total. The predicted octanol–water partition coefficient (Wildman–Crippen LogP) is 5.46. The standard InChI is InChI=1S/C34H43N3O6S/c1-5-30(34(39)35-27-12-8-6-9-13-27)36(23-26-18-16-25(2)17-19-26)33(38)24-37(28-14-10-7-11-15-28)44(40,41)29-20-21-31(42-3)32(22-29)43-4/h7,10-11,14-22,27,30H,5-6,8-9,12-13,23-24H2,1-4H3,(H,35,39). The van der Waals surface area contributed by atoms with Crippen molar-refractivity contribution in [2.24, 2.45) is 0 Å². The molecule has 0 aliphatic heterocycles. The van der Waals surface area contributed by atoms with Gasteiger partial charge < -0.3 is 19.7 Å². The molecule has 1 aliphatic carbocycles. The fourth-order valence-corrected chi connectivity index (χ4v) is 7.01. The van der Waals surface area contributed by atoms with Crippen molar-refractivity contribution in [1.29, 1.82) is 0 Å². The third-order valence-electron chi connectivity index (χ3n) is 8.08. The quantitative estimate of drug-likeness (QED) is 0.272. The van der Waals surface area contributed by atoms with Crippen LogP contribution >= 0.6 is 0 Å².